The third-order valence-corrected chi connectivity index (χ3v) is 3.85. The average Bonchev–Trinajstić information content (AvgIpc) is 2.48. The second-order valence-corrected chi connectivity index (χ2v) is 5.51. The van der Waals surface area contributed by atoms with Crippen molar-refractivity contribution in [2.24, 2.45) is 5.73 Å². The number of fused-ring (bicyclic) bond motifs is 1. The highest BCUT2D eigenvalue weighted by atomic mass is 32.2. The van der Waals surface area contributed by atoms with E-state index >= 15 is 0 Å². The molecule has 0 atom stereocenters. The number of para-hydroxylation sites is 1. The van der Waals surface area contributed by atoms with Gasteiger partial charge in [0.1, 0.15) is 0 Å². The molecular weight excluding hydrogens is 304 g/mol. The molecule has 1 aromatic carbocycles. The third-order valence-electron chi connectivity index (χ3n) is 2.87. The number of nitrogens with one attached hydrogen (secondary N) is 1. The highest BCUT2D eigenvalue weighted by Crippen LogP contribution is 2.17. The fourth-order valence-electron chi connectivity index (χ4n) is 1.98. The highest BCUT2D eigenvalue weighted by Gasteiger charge is 2.13. The molecule has 0 saturated carbocycles. The molecule has 0 saturated heterocycles. The number of nitrogens with zero attached hydrogens (tertiary/aromatic N) is 2. The maximum Gasteiger partial charge on any atom is 0.318 e. The Balaban J connectivity index is 2.35. The Morgan fingerprint density at radius 2 is 2.09 bits per heavy atom. The van der Waals surface area contributed by atoms with Crippen LogP contribution in [0, 0.1) is 0 Å². The van der Waals surface area contributed by atoms with Crippen LogP contribution in [0.25, 0.3) is 10.9 Å². The minimum Gasteiger partial charge on any atom is -0.351 e. The lowest BCUT2D eigenvalue weighted by Crippen LogP contribution is -2.36. The topological polar surface area (TPSA) is 107 Å². The molecule has 0 aliphatic rings. The summed E-state index contributed by atoms with van der Waals surface area (Å²) in [5, 5.41) is 2.97. The maximum atomic E-state index is 12.5. The summed E-state index contributed by atoms with van der Waals surface area (Å²) in [7, 11) is 0. The van der Waals surface area contributed by atoms with E-state index in [1.54, 1.807) is 28.8 Å². The normalized spacial score (nSPS) is 10.6. The fourth-order valence-corrected chi connectivity index (χ4v) is 2.81. The molecule has 2 aromatic rings. The van der Waals surface area contributed by atoms with Crippen molar-refractivity contribution >= 4 is 34.6 Å². The van der Waals surface area contributed by atoms with E-state index in [0.717, 1.165) is 18.2 Å². The van der Waals surface area contributed by atoms with Crippen molar-refractivity contribution in [1.82, 2.24) is 14.9 Å². The Kier molecular flexibility index (Phi) is 5.16. The number of urea groups is 1. The minimum absolute atomic E-state index is 0.0442. The Morgan fingerprint density at radius 1 is 1.36 bits per heavy atom. The molecule has 22 heavy (non-hydrogen) atoms. The Labute approximate surface area is 130 Å². The van der Waals surface area contributed by atoms with Crippen LogP contribution in [0.4, 0.5) is 4.79 Å². The lowest BCUT2D eigenvalue weighted by molar-refractivity contribution is -0.117. The van der Waals surface area contributed by atoms with Gasteiger partial charge in [-0.1, -0.05) is 30.8 Å². The largest absolute Gasteiger partial charge is 0.351 e. The second kappa shape index (κ2) is 7.08. The minimum atomic E-state index is -0.900. The van der Waals surface area contributed by atoms with E-state index in [1.807, 2.05) is 12.2 Å². The zero-order valence-electron chi connectivity index (χ0n) is 12.0. The average molecular weight is 320 g/mol. The van der Waals surface area contributed by atoms with E-state index in [2.05, 4.69) is 4.98 Å². The lowest BCUT2D eigenvalue weighted by Gasteiger charge is -2.11. The molecule has 0 radical (unpaired) electrons. The molecule has 116 valence electrons. The van der Waals surface area contributed by atoms with Gasteiger partial charge in [0.2, 0.25) is 5.91 Å². The Bertz CT molecular complexity index is 772. The molecule has 7 nitrogen and oxygen atoms in total. The molecule has 0 spiro atoms. The molecule has 1 heterocycles. The number of imide groups is 1. The van der Waals surface area contributed by atoms with Gasteiger partial charge in [-0.25, -0.2) is 9.78 Å². The quantitative estimate of drug-likeness (QED) is 0.633. The Morgan fingerprint density at radius 3 is 2.77 bits per heavy atom. The van der Waals surface area contributed by atoms with E-state index in [1.165, 1.54) is 0 Å². The highest BCUT2D eigenvalue weighted by molar-refractivity contribution is 7.99. The molecule has 0 bridgehead atoms. The summed E-state index contributed by atoms with van der Waals surface area (Å²) in [5.41, 5.74) is 5.33. The number of thioether (sulfide) groups is 1. The summed E-state index contributed by atoms with van der Waals surface area (Å²) < 4.78 is 1.55. The van der Waals surface area contributed by atoms with E-state index in [4.69, 9.17) is 5.73 Å². The van der Waals surface area contributed by atoms with Crippen LogP contribution in [0.3, 0.4) is 0 Å². The maximum absolute atomic E-state index is 12.5. The van der Waals surface area contributed by atoms with Crippen LogP contribution < -0.4 is 16.6 Å². The van der Waals surface area contributed by atoms with Gasteiger partial charge in [-0.2, -0.15) is 0 Å². The van der Waals surface area contributed by atoms with Crippen molar-refractivity contribution in [3.63, 3.8) is 0 Å². The third kappa shape index (κ3) is 3.64. The smallest absolute Gasteiger partial charge is 0.318 e. The molecule has 3 N–H and O–H groups in total. The fraction of sp³-hybridized carbons (Fsp3) is 0.286. The van der Waals surface area contributed by atoms with Gasteiger partial charge in [-0.05, 0) is 18.6 Å². The summed E-state index contributed by atoms with van der Waals surface area (Å²) in [6.45, 7) is 2.46. The second-order valence-electron chi connectivity index (χ2n) is 4.57. The predicted octanol–water partition coefficient (Wildman–Crippen LogP) is 1.09. The molecule has 0 aliphatic carbocycles. The van der Waals surface area contributed by atoms with Crippen molar-refractivity contribution in [2.45, 2.75) is 25.0 Å². The van der Waals surface area contributed by atoms with Crippen LogP contribution in [-0.4, -0.2) is 27.2 Å². The monoisotopic (exact) mass is 320 g/mol. The first-order valence-electron chi connectivity index (χ1n) is 6.74. The number of hydrogen-bond donors (Lipinski definition) is 2. The molecule has 3 amide bonds. The van der Waals surface area contributed by atoms with Gasteiger partial charge in [0.25, 0.3) is 5.56 Å². The van der Waals surface area contributed by atoms with Gasteiger partial charge in [-0.3, -0.25) is 19.5 Å². The van der Waals surface area contributed by atoms with Crippen molar-refractivity contribution in [1.29, 1.82) is 0 Å². The summed E-state index contributed by atoms with van der Waals surface area (Å²) in [5.74, 6) is -0.569. The van der Waals surface area contributed by atoms with Gasteiger partial charge in [0, 0.05) is 6.54 Å². The van der Waals surface area contributed by atoms with E-state index in [9.17, 15) is 14.4 Å². The number of rotatable bonds is 5. The van der Waals surface area contributed by atoms with E-state index in [-0.39, 0.29) is 11.3 Å². The molecule has 2 rings (SSSR count). The summed E-state index contributed by atoms with van der Waals surface area (Å²) in [6, 6.07) is 6.16. The predicted molar refractivity (Wildman–Crippen MR) is 84.7 cm³/mol. The van der Waals surface area contributed by atoms with Gasteiger partial charge in [0.15, 0.2) is 5.16 Å². The molecule has 8 heteroatoms. The first kappa shape index (κ1) is 16.0. The SMILES string of the molecule is CCCn1c(SCC(=O)NC(N)=O)nc2ccccc2c1=O. The van der Waals surface area contributed by atoms with Crippen LogP contribution in [-0.2, 0) is 11.3 Å². The molecular formula is C14H16N4O3S. The zero-order chi connectivity index (χ0) is 16.1. The number of nitrogens with two attached hydrogens (primary N) is 1. The number of benzene rings is 1. The molecule has 0 fully saturated rings. The first-order valence-corrected chi connectivity index (χ1v) is 7.73. The van der Waals surface area contributed by atoms with Crippen LogP contribution >= 0.6 is 11.8 Å². The van der Waals surface area contributed by atoms with Crippen LogP contribution in [0.2, 0.25) is 0 Å². The van der Waals surface area contributed by atoms with Crippen LogP contribution in [0.15, 0.2) is 34.2 Å². The lowest BCUT2D eigenvalue weighted by atomic mass is 10.2. The van der Waals surface area contributed by atoms with E-state index < -0.39 is 11.9 Å². The number of amides is 3. The number of primary amides is 1. The number of carbonyl (C=O) groups is 2. The van der Waals surface area contributed by atoms with Crippen molar-refractivity contribution in [2.75, 3.05) is 5.75 Å². The first-order chi connectivity index (χ1) is 10.5. The number of hydrogen-bond acceptors (Lipinski definition) is 5. The standard InChI is InChI=1S/C14H16N4O3S/c1-2-7-18-12(20)9-5-3-4-6-10(9)16-14(18)22-8-11(19)17-13(15)21/h3-6H,2,7-8H2,1H3,(H3,15,17,19,21). The molecule has 0 unspecified atom stereocenters. The Hall–Kier alpha value is -2.35. The summed E-state index contributed by atoms with van der Waals surface area (Å²) >= 11 is 1.10. The number of aromatic nitrogens is 2. The van der Waals surface area contributed by atoms with Gasteiger partial charge in [-0.15, -0.1) is 0 Å². The molecule has 0 aliphatic heterocycles. The van der Waals surface area contributed by atoms with Crippen LogP contribution in [0.1, 0.15) is 13.3 Å². The molecule has 1 aromatic heterocycles. The van der Waals surface area contributed by atoms with E-state index in [0.29, 0.717) is 22.6 Å². The zero-order valence-corrected chi connectivity index (χ0v) is 12.9. The van der Waals surface area contributed by atoms with Crippen LogP contribution in [0.5, 0.6) is 0 Å². The number of carbonyl (C=O) groups excluding carboxylic acids is 2. The van der Waals surface area contributed by atoms with Gasteiger partial charge >= 0.3 is 6.03 Å². The summed E-state index contributed by atoms with van der Waals surface area (Å²) in [6.07, 6.45) is 0.765. The van der Waals surface area contributed by atoms with Crippen molar-refractivity contribution in [3.8, 4) is 0 Å². The van der Waals surface area contributed by atoms with Crippen molar-refractivity contribution in [3.05, 3.63) is 34.6 Å². The van der Waals surface area contributed by atoms with Gasteiger partial charge in [0.05, 0.1) is 16.7 Å². The van der Waals surface area contributed by atoms with Gasteiger partial charge < -0.3 is 5.73 Å². The summed E-state index contributed by atoms with van der Waals surface area (Å²) in [4.78, 5) is 39.1. The van der Waals surface area contributed by atoms with Crippen molar-refractivity contribution < 1.29 is 9.59 Å².